The predicted octanol–water partition coefficient (Wildman–Crippen LogP) is 2.94. The number of benzene rings is 1. The topological polar surface area (TPSA) is 69.4 Å². The van der Waals surface area contributed by atoms with Crippen LogP contribution in [0.3, 0.4) is 0 Å². The van der Waals surface area contributed by atoms with Crippen LogP contribution in [0.4, 0.5) is 0 Å². The van der Waals surface area contributed by atoms with Crippen LogP contribution in [0.2, 0.25) is 0 Å². The van der Waals surface area contributed by atoms with E-state index in [9.17, 15) is 0 Å². The molecule has 0 unspecified atom stereocenters. The molecule has 0 amide bonds. The fraction of sp³-hybridized carbons (Fsp3) is 0.500. The molecule has 0 bridgehead atoms. The van der Waals surface area contributed by atoms with Crippen LogP contribution in [0, 0.1) is 13.8 Å². The lowest BCUT2D eigenvalue weighted by atomic mass is 10.1. The van der Waals surface area contributed by atoms with Gasteiger partial charge >= 0.3 is 0 Å². The van der Waals surface area contributed by atoms with Gasteiger partial charge in [0, 0.05) is 13.5 Å². The van der Waals surface area contributed by atoms with Gasteiger partial charge in [0.15, 0.2) is 17.3 Å². The van der Waals surface area contributed by atoms with Crippen LogP contribution in [-0.2, 0) is 6.54 Å². The van der Waals surface area contributed by atoms with Crippen molar-refractivity contribution in [1.29, 1.82) is 0 Å². The molecule has 0 radical (unpaired) electrons. The molecule has 2 aromatic rings. The zero-order valence-corrected chi connectivity index (χ0v) is 13.8. The van der Waals surface area contributed by atoms with E-state index in [1.165, 1.54) is 0 Å². The van der Waals surface area contributed by atoms with Crippen LogP contribution in [0.15, 0.2) is 16.7 Å². The molecule has 6 nitrogen and oxygen atoms in total. The van der Waals surface area contributed by atoms with E-state index in [0.29, 0.717) is 18.3 Å². The number of methoxy groups -OCH3 is 2. The van der Waals surface area contributed by atoms with E-state index in [0.717, 1.165) is 29.0 Å². The molecule has 1 aromatic carbocycles. The summed E-state index contributed by atoms with van der Waals surface area (Å²) in [5.41, 5.74) is 2.29. The highest BCUT2D eigenvalue weighted by atomic mass is 16.5. The molecule has 0 aliphatic rings. The molecular formula is C16H23N3O3. The Kier molecular flexibility index (Phi) is 5.38. The lowest BCUT2D eigenvalue weighted by Gasteiger charge is -2.16. The molecule has 0 aliphatic heterocycles. The Bertz CT molecular complexity index is 625. The van der Waals surface area contributed by atoms with Crippen LogP contribution in [0.1, 0.15) is 42.2 Å². The number of hydrogen-bond donors (Lipinski definition) is 1. The first kappa shape index (κ1) is 16.3. The molecule has 0 aliphatic carbocycles. The SMILES string of the molecule is CC[C@@H](NCc1cc(OC)c(OC)cc1C)c1noc(C)n1. The summed E-state index contributed by atoms with van der Waals surface area (Å²) >= 11 is 0. The molecule has 0 saturated heterocycles. The number of aromatic nitrogens is 2. The van der Waals surface area contributed by atoms with E-state index in [-0.39, 0.29) is 6.04 Å². The molecule has 1 atom stereocenters. The molecule has 22 heavy (non-hydrogen) atoms. The third kappa shape index (κ3) is 3.57. The minimum atomic E-state index is 0.0601. The van der Waals surface area contributed by atoms with Gasteiger partial charge in [-0.2, -0.15) is 4.98 Å². The van der Waals surface area contributed by atoms with Crippen LogP contribution < -0.4 is 14.8 Å². The summed E-state index contributed by atoms with van der Waals surface area (Å²) in [6.45, 7) is 6.63. The second-order valence-electron chi connectivity index (χ2n) is 5.15. The zero-order valence-electron chi connectivity index (χ0n) is 13.8. The first-order valence-electron chi connectivity index (χ1n) is 7.34. The van der Waals surface area contributed by atoms with Crippen molar-refractivity contribution in [2.24, 2.45) is 0 Å². The minimum Gasteiger partial charge on any atom is -0.493 e. The van der Waals surface area contributed by atoms with Crippen molar-refractivity contribution in [2.75, 3.05) is 14.2 Å². The monoisotopic (exact) mass is 305 g/mol. The van der Waals surface area contributed by atoms with Gasteiger partial charge in [0.25, 0.3) is 0 Å². The van der Waals surface area contributed by atoms with Crippen LogP contribution >= 0.6 is 0 Å². The first-order chi connectivity index (χ1) is 10.6. The van der Waals surface area contributed by atoms with Crippen molar-refractivity contribution in [3.8, 4) is 11.5 Å². The maximum absolute atomic E-state index is 5.36. The lowest BCUT2D eigenvalue weighted by Crippen LogP contribution is -2.22. The smallest absolute Gasteiger partial charge is 0.223 e. The summed E-state index contributed by atoms with van der Waals surface area (Å²) in [4.78, 5) is 4.29. The molecule has 6 heteroatoms. The van der Waals surface area contributed by atoms with Gasteiger partial charge in [-0.3, -0.25) is 0 Å². The Morgan fingerprint density at radius 1 is 1.18 bits per heavy atom. The van der Waals surface area contributed by atoms with Crippen LogP contribution in [0.25, 0.3) is 0 Å². The number of hydrogen-bond acceptors (Lipinski definition) is 6. The van der Waals surface area contributed by atoms with Gasteiger partial charge in [-0.1, -0.05) is 12.1 Å². The maximum Gasteiger partial charge on any atom is 0.223 e. The summed E-state index contributed by atoms with van der Waals surface area (Å²) in [6.07, 6.45) is 0.880. The van der Waals surface area contributed by atoms with E-state index < -0.39 is 0 Å². The Labute approximate surface area is 130 Å². The summed E-state index contributed by atoms with van der Waals surface area (Å²) in [6, 6.07) is 4.04. The Morgan fingerprint density at radius 3 is 2.41 bits per heavy atom. The highest BCUT2D eigenvalue weighted by molar-refractivity contribution is 5.47. The molecule has 1 heterocycles. The number of rotatable bonds is 7. The summed E-state index contributed by atoms with van der Waals surface area (Å²) in [7, 11) is 3.28. The van der Waals surface area contributed by atoms with Crippen molar-refractivity contribution in [3.63, 3.8) is 0 Å². The third-order valence-corrected chi connectivity index (χ3v) is 3.64. The summed E-state index contributed by atoms with van der Waals surface area (Å²) in [5, 5.41) is 7.45. The molecular weight excluding hydrogens is 282 g/mol. The summed E-state index contributed by atoms with van der Waals surface area (Å²) in [5.74, 6) is 2.74. The quantitative estimate of drug-likeness (QED) is 0.848. The molecule has 1 N–H and O–H groups in total. The van der Waals surface area contributed by atoms with Gasteiger partial charge < -0.3 is 19.3 Å². The second-order valence-corrected chi connectivity index (χ2v) is 5.15. The van der Waals surface area contributed by atoms with E-state index in [2.05, 4.69) is 29.3 Å². The minimum absolute atomic E-state index is 0.0601. The summed E-state index contributed by atoms with van der Waals surface area (Å²) < 4.78 is 15.7. The van der Waals surface area contributed by atoms with Crippen molar-refractivity contribution < 1.29 is 14.0 Å². The van der Waals surface area contributed by atoms with Crippen molar-refractivity contribution >= 4 is 0 Å². The average molecular weight is 305 g/mol. The number of nitrogens with one attached hydrogen (secondary N) is 1. The first-order valence-corrected chi connectivity index (χ1v) is 7.34. The second kappa shape index (κ2) is 7.26. The van der Waals surface area contributed by atoms with Crippen molar-refractivity contribution in [3.05, 3.63) is 35.0 Å². The van der Waals surface area contributed by atoms with Crippen LogP contribution in [0.5, 0.6) is 11.5 Å². The zero-order chi connectivity index (χ0) is 16.1. The Balaban J connectivity index is 2.13. The van der Waals surface area contributed by atoms with Gasteiger partial charge in [-0.25, -0.2) is 0 Å². The van der Waals surface area contributed by atoms with E-state index in [1.54, 1.807) is 21.1 Å². The molecule has 120 valence electrons. The van der Waals surface area contributed by atoms with Gasteiger partial charge in [-0.05, 0) is 36.6 Å². The molecule has 2 rings (SSSR count). The maximum atomic E-state index is 5.36. The van der Waals surface area contributed by atoms with E-state index in [1.807, 2.05) is 12.1 Å². The van der Waals surface area contributed by atoms with E-state index in [4.69, 9.17) is 14.0 Å². The highest BCUT2D eigenvalue weighted by Crippen LogP contribution is 2.30. The molecule has 0 saturated carbocycles. The fourth-order valence-electron chi connectivity index (χ4n) is 2.32. The third-order valence-electron chi connectivity index (χ3n) is 3.64. The van der Waals surface area contributed by atoms with Gasteiger partial charge in [-0.15, -0.1) is 0 Å². The average Bonchev–Trinajstić information content (AvgIpc) is 2.95. The van der Waals surface area contributed by atoms with Gasteiger partial charge in [0.2, 0.25) is 5.89 Å². The van der Waals surface area contributed by atoms with Gasteiger partial charge in [0.1, 0.15) is 0 Å². The Hall–Kier alpha value is -2.08. The molecule has 0 spiro atoms. The number of aryl methyl sites for hydroxylation is 2. The molecule has 0 fully saturated rings. The normalized spacial score (nSPS) is 12.2. The Morgan fingerprint density at radius 2 is 1.86 bits per heavy atom. The largest absolute Gasteiger partial charge is 0.493 e. The lowest BCUT2D eigenvalue weighted by molar-refractivity contribution is 0.353. The predicted molar refractivity (Wildman–Crippen MR) is 83.2 cm³/mol. The fourth-order valence-corrected chi connectivity index (χ4v) is 2.32. The highest BCUT2D eigenvalue weighted by Gasteiger charge is 2.16. The molecule has 1 aromatic heterocycles. The number of nitrogens with zero attached hydrogens (tertiary/aromatic N) is 2. The standard InChI is InChI=1S/C16H23N3O3/c1-6-13(16-18-11(3)22-19-16)17-9-12-8-15(21-5)14(20-4)7-10(12)2/h7-8,13,17H,6,9H2,1-5H3/t13-/m1/s1. The van der Waals surface area contributed by atoms with E-state index >= 15 is 0 Å². The van der Waals surface area contributed by atoms with Crippen LogP contribution in [-0.4, -0.2) is 24.4 Å². The van der Waals surface area contributed by atoms with Gasteiger partial charge in [0.05, 0.1) is 20.3 Å². The number of ether oxygens (including phenoxy) is 2. The van der Waals surface area contributed by atoms with Crippen molar-refractivity contribution in [1.82, 2.24) is 15.5 Å². The van der Waals surface area contributed by atoms with Crippen molar-refractivity contribution in [2.45, 2.75) is 39.8 Å².